The smallest absolute Gasteiger partial charge is 0.257 e. The zero-order chi connectivity index (χ0) is 13.9. The van der Waals surface area contributed by atoms with Crippen molar-refractivity contribution in [2.45, 2.75) is 17.9 Å². The molecular formula is C15H18BrN3OS. The van der Waals surface area contributed by atoms with Crippen LogP contribution in [0.25, 0.3) is 11.3 Å². The molecule has 2 heterocycles. The summed E-state index contributed by atoms with van der Waals surface area (Å²) < 4.78 is 1.70. The van der Waals surface area contributed by atoms with E-state index in [1.165, 1.54) is 4.90 Å². The van der Waals surface area contributed by atoms with Crippen LogP contribution in [0, 0.1) is 0 Å². The summed E-state index contributed by atoms with van der Waals surface area (Å²) in [6.45, 7) is 1.43. The minimum absolute atomic E-state index is 0. The highest BCUT2D eigenvalue weighted by Gasteiger charge is 2.19. The molecule has 0 bridgehead atoms. The fourth-order valence-electron chi connectivity index (χ4n) is 2.43. The molecule has 0 unspecified atom stereocenters. The van der Waals surface area contributed by atoms with Crippen LogP contribution in [0.2, 0.25) is 0 Å². The third-order valence-electron chi connectivity index (χ3n) is 3.49. The van der Waals surface area contributed by atoms with E-state index in [0.717, 1.165) is 35.5 Å². The molecule has 1 N–H and O–H groups in total. The van der Waals surface area contributed by atoms with E-state index in [2.05, 4.69) is 22.4 Å². The van der Waals surface area contributed by atoms with Crippen molar-refractivity contribution in [3.8, 4) is 11.3 Å². The fraction of sp³-hybridized carbons (Fsp3) is 0.333. The van der Waals surface area contributed by atoms with Crippen molar-refractivity contribution >= 4 is 28.7 Å². The monoisotopic (exact) mass is 367 g/mol. The van der Waals surface area contributed by atoms with E-state index in [0.29, 0.717) is 6.54 Å². The van der Waals surface area contributed by atoms with E-state index in [-0.39, 0.29) is 22.5 Å². The maximum atomic E-state index is 12.6. The average molecular weight is 368 g/mol. The largest absolute Gasteiger partial charge is 0.318 e. The second kappa shape index (κ2) is 7.24. The Bertz CT molecular complexity index is 687. The Hall–Kier alpha value is -1.11. The first-order valence-electron chi connectivity index (χ1n) is 6.76. The minimum Gasteiger partial charge on any atom is -0.318 e. The van der Waals surface area contributed by atoms with Crippen LogP contribution in [0.15, 0.2) is 40.3 Å². The number of nitrogens with one attached hydrogen (secondary N) is 1. The summed E-state index contributed by atoms with van der Waals surface area (Å²) in [5.74, 6) is 0.928. The number of halogens is 1. The molecule has 0 radical (unpaired) electrons. The molecule has 0 saturated heterocycles. The Labute approximate surface area is 138 Å². The molecule has 0 atom stereocenters. The predicted octanol–water partition coefficient (Wildman–Crippen LogP) is 2.36. The van der Waals surface area contributed by atoms with Gasteiger partial charge in [0, 0.05) is 34.9 Å². The van der Waals surface area contributed by atoms with Crippen LogP contribution < -0.4 is 10.9 Å². The molecule has 2 aromatic rings. The maximum absolute atomic E-state index is 12.6. The van der Waals surface area contributed by atoms with Gasteiger partial charge in [0.1, 0.15) is 0 Å². The Morgan fingerprint density at radius 1 is 1.38 bits per heavy atom. The number of thioether (sulfide) groups is 1. The lowest BCUT2D eigenvalue weighted by Crippen LogP contribution is -2.29. The lowest BCUT2D eigenvalue weighted by molar-refractivity contribution is 0.611. The predicted molar refractivity (Wildman–Crippen MR) is 92.6 cm³/mol. The summed E-state index contributed by atoms with van der Waals surface area (Å²) in [5.41, 5.74) is 2.89. The van der Waals surface area contributed by atoms with Gasteiger partial charge in [0.15, 0.2) is 0 Å². The molecule has 1 aromatic carbocycles. The molecule has 0 saturated carbocycles. The molecule has 21 heavy (non-hydrogen) atoms. The summed E-state index contributed by atoms with van der Waals surface area (Å²) in [6.07, 6.45) is 2.45. The Morgan fingerprint density at radius 2 is 2.19 bits per heavy atom. The van der Waals surface area contributed by atoms with Crippen molar-refractivity contribution in [3.05, 3.63) is 46.5 Å². The van der Waals surface area contributed by atoms with Gasteiger partial charge in [-0.2, -0.15) is 0 Å². The van der Waals surface area contributed by atoms with Gasteiger partial charge in [0.25, 0.3) is 5.56 Å². The van der Waals surface area contributed by atoms with Gasteiger partial charge in [-0.05, 0) is 19.5 Å². The summed E-state index contributed by atoms with van der Waals surface area (Å²) >= 11 is 1.80. The van der Waals surface area contributed by atoms with Crippen LogP contribution in [-0.4, -0.2) is 28.9 Å². The normalized spacial score (nSPS) is 12.8. The number of hydrogen-bond acceptors (Lipinski definition) is 4. The number of rotatable bonds is 3. The number of fused-ring (bicyclic) bond motifs is 3. The molecule has 0 aliphatic carbocycles. The number of aromatic nitrogens is 2. The molecule has 1 aliphatic rings. The van der Waals surface area contributed by atoms with E-state index in [4.69, 9.17) is 0 Å². The van der Waals surface area contributed by atoms with Crippen molar-refractivity contribution in [2.24, 2.45) is 0 Å². The lowest BCUT2D eigenvalue weighted by atomic mass is 10.1. The molecule has 0 amide bonds. The van der Waals surface area contributed by atoms with Gasteiger partial charge >= 0.3 is 0 Å². The SMILES string of the molecule is Br.CNCCn1cnc2c(c1=O)CCSc1ccccc1-2. The highest BCUT2D eigenvalue weighted by Crippen LogP contribution is 2.34. The van der Waals surface area contributed by atoms with Crippen LogP contribution in [0.5, 0.6) is 0 Å². The number of nitrogens with zero attached hydrogens (tertiary/aromatic N) is 2. The van der Waals surface area contributed by atoms with Crippen molar-refractivity contribution < 1.29 is 0 Å². The van der Waals surface area contributed by atoms with Crippen molar-refractivity contribution in [3.63, 3.8) is 0 Å². The molecule has 4 nitrogen and oxygen atoms in total. The van der Waals surface area contributed by atoms with Gasteiger partial charge in [0.2, 0.25) is 0 Å². The highest BCUT2D eigenvalue weighted by molar-refractivity contribution is 8.93. The number of benzene rings is 1. The first kappa shape index (κ1) is 16.3. The molecule has 0 fully saturated rings. The molecule has 3 rings (SSSR count). The van der Waals surface area contributed by atoms with Crippen molar-refractivity contribution in [2.75, 3.05) is 19.3 Å². The van der Waals surface area contributed by atoms with E-state index in [1.54, 1.807) is 22.7 Å². The molecule has 6 heteroatoms. The van der Waals surface area contributed by atoms with E-state index in [1.807, 2.05) is 19.2 Å². The van der Waals surface area contributed by atoms with E-state index in [9.17, 15) is 4.79 Å². The highest BCUT2D eigenvalue weighted by atomic mass is 79.9. The van der Waals surface area contributed by atoms with Crippen LogP contribution in [0.1, 0.15) is 5.56 Å². The Balaban J connectivity index is 0.00000161. The standard InChI is InChI=1S/C15H17N3OS.BrH/c1-16-7-8-18-10-17-14-11-4-2-3-5-13(11)20-9-6-12(14)15(18)19;/h2-5,10,16H,6-9H2,1H3;1H. The van der Waals surface area contributed by atoms with Gasteiger partial charge in [-0.1, -0.05) is 18.2 Å². The molecule has 0 spiro atoms. The van der Waals surface area contributed by atoms with Crippen LogP contribution in [-0.2, 0) is 13.0 Å². The minimum atomic E-state index is 0. The molecule has 1 aromatic heterocycles. The van der Waals surface area contributed by atoms with Gasteiger partial charge in [0.05, 0.1) is 12.0 Å². The third kappa shape index (κ3) is 3.22. The van der Waals surface area contributed by atoms with Crippen LogP contribution >= 0.6 is 28.7 Å². The van der Waals surface area contributed by atoms with Gasteiger partial charge in [-0.3, -0.25) is 9.36 Å². The first-order valence-corrected chi connectivity index (χ1v) is 7.75. The zero-order valence-corrected chi connectivity index (χ0v) is 14.4. The van der Waals surface area contributed by atoms with E-state index < -0.39 is 0 Å². The quantitative estimate of drug-likeness (QED) is 0.904. The van der Waals surface area contributed by atoms with Crippen LogP contribution in [0.4, 0.5) is 0 Å². The molecule has 1 aliphatic heterocycles. The lowest BCUT2D eigenvalue weighted by Gasteiger charge is -2.10. The van der Waals surface area contributed by atoms with Crippen LogP contribution in [0.3, 0.4) is 0 Å². The van der Waals surface area contributed by atoms with Crippen molar-refractivity contribution in [1.82, 2.24) is 14.9 Å². The van der Waals surface area contributed by atoms with Gasteiger partial charge in [-0.15, -0.1) is 28.7 Å². The zero-order valence-electron chi connectivity index (χ0n) is 11.8. The number of hydrogen-bond donors (Lipinski definition) is 1. The summed E-state index contributed by atoms with van der Waals surface area (Å²) in [7, 11) is 1.88. The summed E-state index contributed by atoms with van der Waals surface area (Å²) in [6, 6.07) is 8.19. The third-order valence-corrected chi connectivity index (χ3v) is 4.56. The van der Waals surface area contributed by atoms with Gasteiger partial charge in [-0.25, -0.2) is 4.98 Å². The second-order valence-corrected chi connectivity index (χ2v) is 5.91. The summed E-state index contributed by atoms with van der Waals surface area (Å²) in [5, 5.41) is 3.06. The average Bonchev–Trinajstić information content (AvgIpc) is 2.67. The summed E-state index contributed by atoms with van der Waals surface area (Å²) in [4.78, 5) is 18.3. The Morgan fingerprint density at radius 3 is 3.00 bits per heavy atom. The second-order valence-electron chi connectivity index (χ2n) is 4.77. The Kier molecular flexibility index (Phi) is 5.61. The fourth-order valence-corrected chi connectivity index (χ4v) is 3.45. The maximum Gasteiger partial charge on any atom is 0.257 e. The van der Waals surface area contributed by atoms with Gasteiger partial charge < -0.3 is 5.32 Å². The van der Waals surface area contributed by atoms with E-state index >= 15 is 0 Å². The topological polar surface area (TPSA) is 46.9 Å². The first-order chi connectivity index (χ1) is 9.81. The molecular weight excluding hydrogens is 350 g/mol. The van der Waals surface area contributed by atoms with Crippen molar-refractivity contribution in [1.29, 1.82) is 0 Å². The molecule has 112 valence electrons. The number of likely N-dealkylation sites (N-methyl/N-ethyl adjacent to an activating group) is 1.